The Bertz CT molecular complexity index is 530. The van der Waals surface area contributed by atoms with E-state index in [0.29, 0.717) is 25.1 Å². The van der Waals surface area contributed by atoms with Gasteiger partial charge in [0.15, 0.2) is 0 Å². The van der Waals surface area contributed by atoms with Gasteiger partial charge in [0.1, 0.15) is 5.69 Å². The van der Waals surface area contributed by atoms with Crippen LogP contribution in [-0.4, -0.2) is 40.0 Å². The van der Waals surface area contributed by atoms with Gasteiger partial charge in [-0.05, 0) is 31.4 Å². The van der Waals surface area contributed by atoms with Gasteiger partial charge in [-0.15, -0.1) is 0 Å². The molecule has 0 radical (unpaired) electrons. The monoisotopic (exact) mass is 276 g/mol. The summed E-state index contributed by atoms with van der Waals surface area (Å²) in [6, 6.07) is 3.63. The molecule has 0 bridgehead atoms. The van der Waals surface area contributed by atoms with Crippen LogP contribution in [0.5, 0.6) is 0 Å². The van der Waals surface area contributed by atoms with Crippen LogP contribution in [0.15, 0.2) is 18.3 Å². The summed E-state index contributed by atoms with van der Waals surface area (Å²) in [5, 5.41) is 9.47. The number of aromatic nitrogens is 1. The number of hydrogen-bond donors (Lipinski definition) is 1. The predicted molar refractivity (Wildman–Crippen MR) is 74.5 cm³/mol. The molecule has 1 saturated heterocycles. The molecule has 0 spiro atoms. The molecule has 1 aromatic rings. The van der Waals surface area contributed by atoms with Crippen molar-refractivity contribution >= 4 is 11.9 Å². The van der Waals surface area contributed by atoms with E-state index in [9.17, 15) is 14.7 Å². The molecule has 1 atom stereocenters. The standard InChI is InChI=1S/C15H20N2O3/c1-3-6-15(14(19)20)7-9-17(10-15)13(18)12-11(2)5-4-8-16-12/h4-5,8H,3,6-7,9-10H2,1-2H3,(H,19,20). The minimum Gasteiger partial charge on any atom is -0.481 e. The molecule has 1 aliphatic rings. The fraction of sp³-hybridized carbons (Fsp3) is 0.533. The number of carbonyl (C=O) groups is 2. The first-order valence-electron chi connectivity index (χ1n) is 6.94. The molecule has 1 amide bonds. The van der Waals surface area contributed by atoms with Crippen molar-refractivity contribution in [3.05, 3.63) is 29.6 Å². The Morgan fingerprint density at radius 3 is 2.85 bits per heavy atom. The molecule has 1 fully saturated rings. The molecular weight excluding hydrogens is 256 g/mol. The number of aryl methyl sites for hydroxylation is 1. The van der Waals surface area contributed by atoms with Crippen molar-refractivity contribution in [1.29, 1.82) is 0 Å². The van der Waals surface area contributed by atoms with Crippen LogP contribution in [0.25, 0.3) is 0 Å². The van der Waals surface area contributed by atoms with Crippen LogP contribution >= 0.6 is 0 Å². The Morgan fingerprint density at radius 1 is 1.50 bits per heavy atom. The number of amides is 1. The largest absolute Gasteiger partial charge is 0.481 e. The second-order valence-corrected chi connectivity index (χ2v) is 5.48. The summed E-state index contributed by atoms with van der Waals surface area (Å²) in [5.41, 5.74) is 0.457. The third kappa shape index (κ3) is 2.53. The van der Waals surface area contributed by atoms with Gasteiger partial charge in [0.05, 0.1) is 5.41 Å². The van der Waals surface area contributed by atoms with E-state index in [1.54, 1.807) is 17.2 Å². The first-order chi connectivity index (χ1) is 9.50. The molecule has 2 rings (SSSR count). The Hall–Kier alpha value is -1.91. The van der Waals surface area contributed by atoms with Gasteiger partial charge in [0.25, 0.3) is 5.91 Å². The SMILES string of the molecule is CCCC1(C(=O)O)CCN(C(=O)c2ncccc2C)C1. The quantitative estimate of drug-likeness (QED) is 0.914. The maximum Gasteiger partial charge on any atom is 0.311 e. The van der Waals surface area contributed by atoms with Crippen molar-refractivity contribution in [3.8, 4) is 0 Å². The van der Waals surface area contributed by atoms with Gasteiger partial charge < -0.3 is 10.0 Å². The summed E-state index contributed by atoms with van der Waals surface area (Å²) in [6.07, 6.45) is 3.52. The maximum absolute atomic E-state index is 12.5. The zero-order valence-corrected chi connectivity index (χ0v) is 11.9. The molecule has 0 aliphatic carbocycles. The van der Waals surface area contributed by atoms with Crippen molar-refractivity contribution in [1.82, 2.24) is 9.88 Å². The lowest BCUT2D eigenvalue weighted by Gasteiger charge is -2.24. The lowest BCUT2D eigenvalue weighted by molar-refractivity contribution is -0.148. The second-order valence-electron chi connectivity index (χ2n) is 5.48. The highest BCUT2D eigenvalue weighted by molar-refractivity contribution is 5.94. The van der Waals surface area contributed by atoms with E-state index in [-0.39, 0.29) is 12.5 Å². The first-order valence-corrected chi connectivity index (χ1v) is 6.94. The molecule has 0 aromatic carbocycles. The first kappa shape index (κ1) is 14.5. The van der Waals surface area contributed by atoms with Gasteiger partial charge in [-0.1, -0.05) is 19.4 Å². The number of carbonyl (C=O) groups excluding carboxylic acids is 1. The summed E-state index contributed by atoms with van der Waals surface area (Å²) < 4.78 is 0. The van der Waals surface area contributed by atoms with Crippen LogP contribution in [0, 0.1) is 12.3 Å². The Balaban J connectivity index is 2.19. The second kappa shape index (κ2) is 5.61. The summed E-state index contributed by atoms with van der Waals surface area (Å²) in [7, 11) is 0. The predicted octanol–water partition coefficient (Wildman–Crippen LogP) is 2.11. The highest BCUT2D eigenvalue weighted by Gasteiger charge is 2.45. The lowest BCUT2D eigenvalue weighted by atomic mass is 9.83. The molecule has 5 heteroatoms. The zero-order chi connectivity index (χ0) is 14.8. The number of hydrogen-bond acceptors (Lipinski definition) is 3. The van der Waals surface area contributed by atoms with Crippen molar-refractivity contribution in [2.45, 2.75) is 33.1 Å². The average Bonchev–Trinajstić information content (AvgIpc) is 2.85. The molecule has 20 heavy (non-hydrogen) atoms. The minimum absolute atomic E-state index is 0.165. The maximum atomic E-state index is 12.5. The minimum atomic E-state index is -0.799. The molecule has 108 valence electrons. The van der Waals surface area contributed by atoms with Crippen molar-refractivity contribution in [2.75, 3.05) is 13.1 Å². The van der Waals surface area contributed by atoms with Gasteiger partial charge in [-0.2, -0.15) is 0 Å². The highest BCUT2D eigenvalue weighted by Crippen LogP contribution is 2.36. The lowest BCUT2D eigenvalue weighted by Crippen LogP contribution is -2.37. The van der Waals surface area contributed by atoms with Crippen LogP contribution < -0.4 is 0 Å². The van der Waals surface area contributed by atoms with E-state index < -0.39 is 11.4 Å². The van der Waals surface area contributed by atoms with E-state index in [0.717, 1.165) is 12.0 Å². The number of carboxylic acid groups (broad SMARTS) is 1. The third-order valence-corrected chi connectivity index (χ3v) is 4.04. The summed E-state index contributed by atoms with van der Waals surface area (Å²) in [4.78, 5) is 29.7. The number of likely N-dealkylation sites (tertiary alicyclic amines) is 1. The van der Waals surface area contributed by atoms with Crippen LogP contribution in [0.3, 0.4) is 0 Å². The Labute approximate surface area is 118 Å². The van der Waals surface area contributed by atoms with Crippen molar-refractivity contribution < 1.29 is 14.7 Å². The highest BCUT2D eigenvalue weighted by atomic mass is 16.4. The zero-order valence-electron chi connectivity index (χ0n) is 11.9. The van der Waals surface area contributed by atoms with Gasteiger partial charge in [-0.25, -0.2) is 0 Å². The van der Waals surface area contributed by atoms with E-state index >= 15 is 0 Å². The fourth-order valence-electron chi connectivity index (χ4n) is 2.87. The molecule has 1 aromatic heterocycles. The normalized spacial score (nSPS) is 22.0. The smallest absolute Gasteiger partial charge is 0.311 e. The number of carboxylic acids is 1. The summed E-state index contributed by atoms with van der Waals surface area (Å²) >= 11 is 0. The third-order valence-electron chi connectivity index (χ3n) is 4.04. The Morgan fingerprint density at radius 2 is 2.25 bits per heavy atom. The molecule has 2 heterocycles. The molecular formula is C15H20N2O3. The van der Waals surface area contributed by atoms with Crippen LogP contribution in [0.2, 0.25) is 0 Å². The van der Waals surface area contributed by atoms with Crippen LogP contribution in [0.1, 0.15) is 42.2 Å². The number of pyridine rings is 1. The van der Waals surface area contributed by atoms with Gasteiger partial charge in [0, 0.05) is 19.3 Å². The number of aliphatic carboxylic acids is 1. The van der Waals surface area contributed by atoms with Crippen LogP contribution in [-0.2, 0) is 4.79 Å². The van der Waals surface area contributed by atoms with Crippen LogP contribution in [0.4, 0.5) is 0 Å². The Kier molecular flexibility index (Phi) is 4.06. The van der Waals surface area contributed by atoms with E-state index in [4.69, 9.17) is 0 Å². The molecule has 1 N–H and O–H groups in total. The topological polar surface area (TPSA) is 70.5 Å². The van der Waals surface area contributed by atoms with Crippen molar-refractivity contribution in [3.63, 3.8) is 0 Å². The fourth-order valence-corrected chi connectivity index (χ4v) is 2.87. The molecule has 1 unspecified atom stereocenters. The van der Waals surface area contributed by atoms with E-state index in [2.05, 4.69) is 4.98 Å². The van der Waals surface area contributed by atoms with Crippen molar-refractivity contribution in [2.24, 2.45) is 5.41 Å². The van der Waals surface area contributed by atoms with Gasteiger partial charge in [-0.3, -0.25) is 14.6 Å². The summed E-state index contributed by atoms with van der Waals surface area (Å²) in [6.45, 7) is 4.58. The molecule has 5 nitrogen and oxygen atoms in total. The van der Waals surface area contributed by atoms with E-state index in [1.165, 1.54) is 0 Å². The summed E-state index contributed by atoms with van der Waals surface area (Å²) in [5.74, 6) is -0.963. The van der Waals surface area contributed by atoms with E-state index in [1.807, 2.05) is 19.9 Å². The van der Waals surface area contributed by atoms with Gasteiger partial charge in [0.2, 0.25) is 0 Å². The van der Waals surface area contributed by atoms with Gasteiger partial charge >= 0.3 is 5.97 Å². The molecule has 0 saturated carbocycles. The molecule has 1 aliphatic heterocycles. The number of nitrogens with zero attached hydrogens (tertiary/aromatic N) is 2. The average molecular weight is 276 g/mol. The number of rotatable bonds is 4.